The third kappa shape index (κ3) is 1.67. The summed E-state index contributed by atoms with van der Waals surface area (Å²) >= 11 is 0. The van der Waals surface area contributed by atoms with Gasteiger partial charge in [-0.15, -0.1) is 0 Å². The Kier molecular flexibility index (Phi) is 2.76. The van der Waals surface area contributed by atoms with Crippen LogP contribution in [0.4, 0.5) is 0 Å². The normalized spacial score (nSPS) is 40.2. The number of ether oxygens (including phenoxy) is 1. The molecule has 2 bridgehead atoms. The highest BCUT2D eigenvalue weighted by Crippen LogP contribution is 2.49. The van der Waals surface area contributed by atoms with Gasteiger partial charge in [0.25, 0.3) is 0 Å². The van der Waals surface area contributed by atoms with E-state index in [0.717, 1.165) is 6.42 Å². The minimum atomic E-state index is 0.119. The third-order valence-electron chi connectivity index (χ3n) is 4.12. The van der Waals surface area contributed by atoms with E-state index in [4.69, 9.17) is 4.74 Å². The van der Waals surface area contributed by atoms with E-state index in [0.29, 0.717) is 17.9 Å². The molecule has 0 aromatic carbocycles. The molecule has 1 heterocycles. The van der Waals surface area contributed by atoms with Gasteiger partial charge in [0.05, 0.1) is 11.7 Å². The summed E-state index contributed by atoms with van der Waals surface area (Å²) in [7, 11) is 0. The van der Waals surface area contributed by atoms with Gasteiger partial charge in [-0.3, -0.25) is 0 Å². The molecule has 0 amide bonds. The summed E-state index contributed by atoms with van der Waals surface area (Å²) in [5, 5.41) is 0. The van der Waals surface area contributed by atoms with Crippen LogP contribution >= 0.6 is 0 Å². The van der Waals surface area contributed by atoms with Crippen molar-refractivity contribution < 1.29 is 4.74 Å². The van der Waals surface area contributed by atoms with E-state index < -0.39 is 0 Å². The Balaban J connectivity index is 2.28. The maximum Gasteiger partial charge on any atom is 0.0829 e. The molecule has 3 atom stereocenters. The van der Waals surface area contributed by atoms with Crippen molar-refractivity contribution in [1.82, 2.24) is 0 Å². The highest BCUT2D eigenvalue weighted by Gasteiger charge is 2.49. The minimum Gasteiger partial charge on any atom is -0.366 e. The zero-order chi connectivity index (χ0) is 11.1. The Morgan fingerprint density at radius 3 is 2.87 bits per heavy atom. The smallest absolute Gasteiger partial charge is 0.0829 e. The van der Waals surface area contributed by atoms with Crippen LogP contribution in [0, 0.1) is 11.8 Å². The molecule has 1 aliphatic heterocycles. The first-order chi connectivity index (χ1) is 7.09. The van der Waals surface area contributed by atoms with Gasteiger partial charge in [0, 0.05) is 5.92 Å². The second-order valence-corrected chi connectivity index (χ2v) is 5.29. The average Bonchev–Trinajstić information content (AvgIpc) is 2.50. The second kappa shape index (κ2) is 3.79. The second-order valence-electron chi connectivity index (χ2n) is 5.29. The monoisotopic (exact) mass is 206 g/mol. The van der Waals surface area contributed by atoms with Crippen LogP contribution in [-0.2, 0) is 4.74 Å². The molecule has 1 saturated heterocycles. The van der Waals surface area contributed by atoms with Gasteiger partial charge in [0.2, 0.25) is 0 Å². The molecule has 0 aromatic rings. The lowest BCUT2D eigenvalue weighted by Gasteiger charge is -2.34. The van der Waals surface area contributed by atoms with Crippen LogP contribution < -0.4 is 0 Å². The average molecular weight is 206 g/mol. The number of rotatable bonds is 2. The van der Waals surface area contributed by atoms with Crippen molar-refractivity contribution in [3.05, 3.63) is 23.8 Å². The van der Waals surface area contributed by atoms with Crippen molar-refractivity contribution >= 4 is 0 Å². The first kappa shape index (κ1) is 10.9. The van der Waals surface area contributed by atoms with E-state index in [1.54, 1.807) is 0 Å². The molecule has 84 valence electrons. The zero-order valence-corrected chi connectivity index (χ0v) is 10.3. The van der Waals surface area contributed by atoms with Gasteiger partial charge >= 0.3 is 0 Å². The molecular weight excluding hydrogens is 184 g/mol. The number of allylic oxidation sites excluding steroid dienone is 1. The first-order valence-corrected chi connectivity index (χ1v) is 6.06. The van der Waals surface area contributed by atoms with Crippen molar-refractivity contribution in [3.8, 4) is 0 Å². The molecule has 0 unspecified atom stereocenters. The maximum absolute atomic E-state index is 6.31. The van der Waals surface area contributed by atoms with E-state index in [9.17, 15) is 0 Å². The van der Waals surface area contributed by atoms with Gasteiger partial charge in [-0.1, -0.05) is 37.6 Å². The van der Waals surface area contributed by atoms with Crippen LogP contribution in [0.3, 0.4) is 0 Å². The van der Waals surface area contributed by atoms with Crippen LogP contribution in [0.25, 0.3) is 0 Å². The number of hydrogen-bond acceptors (Lipinski definition) is 1. The largest absolute Gasteiger partial charge is 0.366 e. The van der Waals surface area contributed by atoms with E-state index in [2.05, 4.69) is 45.9 Å². The molecule has 1 nitrogen and oxygen atoms in total. The molecule has 15 heavy (non-hydrogen) atoms. The van der Waals surface area contributed by atoms with Crippen LogP contribution in [0.2, 0.25) is 0 Å². The fourth-order valence-corrected chi connectivity index (χ4v) is 2.90. The fraction of sp³-hybridized carbons (Fsp3) is 0.714. The molecule has 0 saturated carbocycles. The molecule has 1 fully saturated rings. The summed E-state index contributed by atoms with van der Waals surface area (Å²) < 4.78 is 6.31. The van der Waals surface area contributed by atoms with Crippen molar-refractivity contribution in [3.63, 3.8) is 0 Å². The van der Waals surface area contributed by atoms with Gasteiger partial charge < -0.3 is 4.74 Å². The Morgan fingerprint density at radius 2 is 2.27 bits per heavy atom. The van der Waals surface area contributed by atoms with Gasteiger partial charge in [-0.05, 0) is 32.6 Å². The highest BCUT2D eigenvalue weighted by atomic mass is 16.5. The highest BCUT2D eigenvalue weighted by molar-refractivity contribution is 5.22. The number of hydrogen-bond donors (Lipinski definition) is 0. The quantitative estimate of drug-likeness (QED) is 0.626. The van der Waals surface area contributed by atoms with Gasteiger partial charge in [-0.2, -0.15) is 0 Å². The van der Waals surface area contributed by atoms with Crippen molar-refractivity contribution in [1.29, 1.82) is 0 Å². The Labute approximate surface area is 93.2 Å². The lowest BCUT2D eigenvalue weighted by molar-refractivity contribution is -0.0537. The summed E-state index contributed by atoms with van der Waals surface area (Å²) in [6, 6.07) is 0. The molecule has 2 aliphatic rings. The molecule has 0 aromatic heterocycles. The summed E-state index contributed by atoms with van der Waals surface area (Å²) in [5.74, 6) is 1.23. The summed E-state index contributed by atoms with van der Waals surface area (Å²) in [5.41, 5.74) is 1.64. The van der Waals surface area contributed by atoms with E-state index in [-0.39, 0.29) is 5.60 Å². The Hall–Kier alpha value is -0.560. The van der Waals surface area contributed by atoms with Gasteiger partial charge in [-0.25, -0.2) is 0 Å². The van der Waals surface area contributed by atoms with Gasteiger partial charge in [0.15, 0.2) is 0 Å². The summed E-state index contributed by atoms with van der Waals surface area (Å²) in [6.07, 6.45) is 9.35. The topological polar surface area (TPSA) is 9.23 Å². The molecule has 0 N–H and O–H groups in total. The van der Waals surface area contributed by atoms with Crippen LogP contribution in [-0.4, -0.2) is 11.7 Å². The van der Waals surface area contributed by atoms with Crippen LogP contribution in [0.15, 0.2) is 23.8 Å². The predicted molar refractivity (Wildman–Crippen MR) is 63.7 cm³/mol. The van der Waals surface area contributed by atoms with Crippen molar-refractivity contribution in [2.45, 2.75) is 52.2 Å². The molecule has 1 heteroatoms. The standard InChI is InChI=1S/C14H22O/c1-5-6-13-12-9-14(15-13,10(2)3)8-7-11(12)4/h5-7,10,12-13H,8-9H2,1-4H3/b6-5+/t12-,13+,14-/m1/s1. The minimum absolute atomic E-state index is 0.119. The molecule has 0 radical (unpaired) electrons. The van der Waals surface area contributed by atoms with E-state index >= 15 is 0 Å². The van der Waals surface area contributed by atoms with Crippen LogP contribution in [0.1, 0.15) is 40.5 Å². The van der Waals surface area contributed by atoms with Crippen LogP contribution in [0.5, 0.6) is 0 Å². The number of fused-ring (bicyclic) bond motifs is 2. The van der Waals surface area contributed by atoms with Crippen molar-refractivity contribution in [2.75, 3.05) is 0 Å². The molecule has 2 rings (SSSR count). The third-order valence-corrected chi connectivity index (χ3v) is 4.12. The van der Waals surface area contributed by atoms with Crippen molar-refractivity contribution in [2.24, 2.45) is 11.8 Å². The lowest BCUT2D eigenvalue weighted by Crippen LogP contribution is -2.35. The SMILES string of the molecule is C/C=C/[C@@H]1O[C@]2(C(C)C)CC=C(C)[C@H]1C2. The van der Waals surface area contributed by atoms with E-state index in [1.807, 2.05) is 0 Å². The fourth-order valence-electron chi connectivity index (χ4n) is 2.90. The predicted octanol–water partition coefficient (Wildman–Crippen LogP) is 3.71. The summed E-state index contributed by atoms with van der Waals surface area (Å²) in [4.78, 5) is 0. The van der Waals surface area contributed by atoms with Gasteiger partial charge in [0.1, 0.15) is 0 Å². The Bertz CT molecular complexity index is 300. The zero-order valence-electron chi connectivity index (χ0n) is 10.3. The molecule has 1 aliphatic carbocycles. The maximum atomic E-state index is 6.31. The molecule has 0 spiro atoms. The molecular formula is C14H22O. The lowest BCUT2D eigenvalue weighted by atomic mass is 9.74. The summed E-state index contributed by atoms with van der Waals surface area (Å²) in [6.45, 7) is 8.89. The Morgan fingerprint density at radius 1 is 1.53 bits per heavy atom. The van der Waals surface area contributed by atoms with E-state index in [1.165, 1.54) is 12.0 Å². The first-order valence-electron chi connectivity index (χ1n) is 6.06.